The zero-order chi connectivity index (χ0) is 26.6. The number of aryl methyl sites for hydroxylation is 2. The number of benzene rings is 3. The fourth-order valence-electron chi connectivity index (χ4n) is 4.33. The van der Waals surface area contributed by atoms with Crippen LogP contribution in [0.2, 0.25) is 0 Å². The van der Waals surface area contributed by atoms with E-state index in [4.69, 9.17) is 4.98 Å². The molecule has 8 heteroatoms. The van der Waals surface area contributed by atoms with Gasteiger partial charge in [-0.15, -0.1) is 0 Å². The maximum Gasteiger partial charge on any atom is 0.260 e. The lowest BCUT2D eigenvalue weighted by atomic mass is 10.1. The van der Waals surface area contributed by atoms with E-state index < -0.39 is 10.0 Å². The number of anilines is 1. The molecule has 0 atom stereocenters. The van der Waals surface area contributed by atoms with Crippen molar-refractivity contribution in [2.75, 3.05) is 18.0 Å². The van der Waals surface area contributed by atoms with Crippen molar-refractivity contribution < 1.29 is 13.2 Å². The molecule has 0 fully saturated rings. The van der Waals surface area contributed by atoms with Gasteiger partial charge in [0.15, 0.2) is 5.13 Å². The van der Waals surface area contributed by atoms with Gasteiger partial charge in [-0.1, -0.05) is 68.0 Å². The molecule has 0 N–H and O–H groups in total. The number of unbranched alkanes of at least 4 members (excludes halogenated alkanes) is 1. The van der Waals surface area contributed by atoms with Gasteiger partial charge >= 0.3 is 0 Å². The molecule has 1 aromatic heterocycles. The molecule has 3 aromatic carbocycles. The Balaban J connectivity index is 1.69. The average Bonchev–Trinajstić information content (AvgIpc) is 3.32. The topological polar surface area (TPSA) is 70.6 Å². The molecular weight excluding hydrogens is 502 g/mol. The van der Waals surface area contributed by atoms with Crippen LogP contribution in [0.4, 0.5) is 5.13 Å². The van der Waals surface area contributed by atoms with E-state index in [9.17, 15) is 13.2 Å². The summed E-state index contributed by atoms with van der Waals surface area (Å²) < 4.78 is 28.8. The summed E-state index contributed by atoms with van der Waals surface area (Å²) in [5.41, 5.74) is 4.52. The molecule has 4 rings (SSSR count). The molecular formula is C29H33N3O3S2. The molecule has 194 valence electrons. The number of carbonyl (C=O) groups is 1. The van der Waals surface area contributed by atoms with Crippen LogP contribution in [0.1, 0.15) is 53.7 Å². The maximum atomic E-state index is 13.8. The lowest BCUT2D eigenvalue weighted by molar-refractivity contribution is 0.0985. The van der Waals surface area contributed by atoms with Gasteiger partial charge in [-0.2, -0.15) is 4.31 Å². The summed E-state index contributed by atoms with van der Waals surface area (Å²) in [7, 11) is -3.61. The van der Waals surface area contributed by atoms with Crippen molar-refractivity contribution in [3.63, 3.8) is 0 Å². The SMILES string of the molecule is CCCCN(CC)S(=O)(=O)c1ccc(C(=O)N(Cc2ccccc2)c2nc3cc(C)cc(C)c3s2)cc1. The van der Waals surface area contributed by atoms with E-state index in [1.807, 2.05) is 57.2 Å². The molecule has 6 nitrogen and oxygen atoms in total. The molecule has 0 spiro atoms. The summed E-state index contributed by atoms with van der Waals surface area (Å²) in [6.07, 6.45) is 1.72. The van der Waals surface area contributed by atoms with E-state index >= 15 is 0 Å². The van der Waals surface area contributed by atoms with Crippen molar-refractivity contribution in [2.24, 2.45) is 0 Å². The highest BCUT2D eigenvalue weighted by Gasteiger charge is 2.25. The molecule has 0 aliphatic carbocycles. The molecule has 4 aromatic rings. The molecule has 37 heavy (non-hydrogen) atoms. The van der Waals surface area contributed by atoms with Crippen molar-refractivity contribution in [3.05, 3.63) is 89.0 Å². The summed E-state index contributed by atoms with van der Waals surface area (Å²) in [4.78, 5) is 20.5. The van der Waals surface area contributed by atoms with Crippen LogP contribution < -0.4 is 4.90 Å². The van der Waals surface area contributed by atoms with Gasteiger partial charge in [-0.3, -0.25) is 9.69 Å². The number of hydrogen-bond acceptors (Lipinski definition) is 5. The number of nitrogens with zero attached hydrogens (tertiary/aromatic N) is 3. The van der Waals surface area contributed by atoms with Crippen LogP contribution in [-0.2, 0) is 16.6 Å². The quantitative estimate of drug-likeness (QED) is 0.230. The van der Waals surface area contributed by atoms with Crippen LogP contribution in [0, 0.1) is 13.8 Å². The van der Waals surface area contributed by atoms with Gasteiger partial charge in [0, 0.05) is 18.7 Å². The number of fused-ring (bicyclic) bond motifs is 1. The number of sulfonamides is 1. The van der Waals surface area contributed by atoms with E-state index in [1.54, 1.807) is 17.0 Å². The summed E-state index contributed by atoms with van der Waals surface area (Å²) in [6, 6.07) is 20.2. The number of hydrogen-bond donors (Lipinski definition) is 0. The summed E-state index contributed by atoms with van der Waals surface area (Å²) in [5, 5.41) is 0.617. The van der Waals surface area contributed by atoms with Crippen molar-refractivity contribution >= 4 is 42.6 Å². The van der Waals surface area contributed by atoms with E-state index in [0.717, 1.165) is 39.7 Å². The minimum Gasteiger partial charge on any atom is -0.279 e. The van der Waals surface area contributed by atoms with E-state index in [-0.39, 0.29) is 10.8 Å². The number of aromatic nitrogens is 1. The van der Waals surface area contributed by atoms with Gasteiger partial charge < -0.3 is 0 Å². The maximum absolute atomic E-state index is 13.8. The predicted octanol–water partition coefficient (Wildman–Crippen LogP) is 6.57. The van der Waals surface area contributed by atoms with Gasteiger partial charge in [0.25, 0.3) is 5.91 Å². The first-order chi connectivity index (χ1) is 17.7. The molecule has 1 amide bonds. The van der Waals surface area contributed by atoms with E-state index in [1.165, 1.54) is 27.8 Å². The number of thiazole rings is 1. The Labute approximate surface area is 223 Å². The van der Waals surface area contributed by atoms with Crippen LogP contribution in [0.3, 0.4) is 0 Å². The molecule has 1 heterocycles. The second kappa shape index (κ2) is 11.5. The Morgan fingerprint density at radius 1 is 0.973 bits per heavy atom. The van der Waals surface area contributed by atoms with Crippen molar-refractivity contribution in [2.45, 2.75) is 52.0 Å². The minimum absolute atomic E-state index is 0.197. The Kier molecular flexibility index (Phi) is 8.42. The Bertz CT molecular complexity index is 1480. The molecule has 0 aliphatic rings. The van der Waals surface area contributed by atoms with Crippen molar-refractivity contribution in [3.8, 4) is 0 Å². The molecule has 0 bridgehead atoms. The second-order valence-electron chi connectivity index (χ2n) is 9.18. The normalized spacial score (nSPS) is 11.8. The fraction of sp³-hybridized carbons (Fsp3) is 0.310. The first kappa shape index (κ1) is 27.0. The van der Waals surface area contributed by atoms with Gasteiger partial charge in [0.1, 0.15) is 0 Å². The van der Waals surface area contributed by atoms with Crippen LogP contribution in [0.15, 0.2) is 71.6 Å². The van der Waals surface area contributed by atoms with Gasteiger partial charge in [-0.05, 0) is 67.3 Å². The first-order valence-electron chi connectivity index (χ1n) is 12.6. The summed E-state index contributed by atoms with van der Waals surface area (Å²) in [6.45, 7) is 9.22. The van der Waals surface area contributed by atoms with E-state index in [2.05, 4.69) is 13.0 Å². The number of carbonyl (C=O) groups excluding carboxylic acids is 1. The zero-order valence-corrected chi connectivity index (χ0v) is 23.4. The third-order valence-corrected chi connectivity index (χ3v) is 9.54. The molecule has 0 saturated carbocycles. The third-order valence-electron chi connectivity index (χ3n) is 6.32. The molecule has 0 radical (unpaired) electrons. The molecule has 0 aliphatic heterocycles. The average molecular weight is 536 g/mol. The fourth-order valence-corrected chi connectivity index (χ4v) is 6.83. The van der Waals surface area contributed by atoms with Crippen molar-refractivity contribution in [1.29, 1.82) is 0 Å². The summed E-state index contributed by atoms with van der Waals surface area (Å²) >= 11 is 1.50. The zero-order valence-electron chi connectivity index (χ0n) is 21.8. The van der Waals surface area contributed by atoms with Gasteiger partial charge in [-0.25, -0.2) is 13.4 Å². The van der Waals surface area contributed by atoms with Gasteiger partial charge in [0.2, 0.25) is 10.0 Å². The highest BCUT2D eigenvalue weighted by molar-refractivity contribution is 7.89. The highest BCUT2D eigenvalue weighted by atomic mass is 32.2. The number of rotatable bonds is 10. The predicted molar refractivity (Wildman–Crippen MR) is 152 cm³/mol. The minimum atomic E-state index is -3.61. The highest BCUT2D eigenvalue weighted by Crippen LogP contribution is 2.33. The monoisotopic (exact) mass is 535 g/mol. The van der Waals surface area contributed by atoms with E-state index in [0.29, 0.717) is 30.3 Å². The number of amides is 1. The van der Waals surface area contributed by atoms with Crippen LogP contribution >= 0.6 is 11.3 Å². The second-order valence-corrected chi connectivity index (χ2v) is 12.1. The summed E-state index contributed by atoms with van der Waals surface area (Å²) in [5.74, 6) is -0.223. The van der Waals surface area contributed by atoms with Crippen molar-refractivity contribution in [1.82, 2.24) is 9.29 Å². The standard InChI is InChI=1S/C29H33N3O3S2/c1-5-7-17-31(6-2)37(34,35)25-15-13-24(14-16-25)28(33)32(20-23-11-9-8-10-12-23)29-30-26-19-21(3)18-22(4)27(26)36-29/h8-16,18-19H,5-7,17,20H2,1-4H3. The van der Waals surface area contributed by atoms with Crippen LogP contribution in [-0.4, -0.2) is 36.7 Å². The molecule has 0 unspecified atom stereocenters. The Morgan fingerprint density at radius 2 is 1.68 bits per heavy atom. The van der Waals surface area contributed by atoms with Crippen LogP contribution in [0.25, 0.3) is 10.2 Å². The Morgan fingerprint density at radius 3 is 2.32 bits per heavy atom. The first-order valence-corrected chi connectivity index (χ1v) is 14.8. The lowest BCUT2D eigenvalue weighted by Gasteiger charge is -2.22. The van der Waals surface area contributed by atoms with Crippen LogP contribution in [0.5, 0.6) is 0 Å². The van der Waals surface area contributed by atoms with Gasteiger partial charge in [0.05, 0.1) is 21.7 Å². The smallest absolute Gasteiger partial charge is 0.260 e. The molecule has 0 saturated heterocycles. The largest absolute Gasteiger partial charge is 0.279 e. The Hall–Kier alpha value is -3.07. The third kappa shape index (κ3) is 5.92. The lowest BCUT2D eigenvalue weighted by Crippen LogP contribution is -2.32.